The van der Waals surface area contributed by atoms with Crippen molar-refractivity contribution >= 4 is 0 Å². The molecule has 0 aliphatic carbocycles. The van der Waals surface area contributed by atoms with Gasteiger partial charge in [0.2, 0.25) is 0 Å². The largest absolute Gasteiger partial charge is 0.374 e. The molecule has 88 valence electrons. The number of hydrogen-bond acceptors (Lipinski definition) is 4. The van der Waals surface area contributed by atoms with E-state index in [9.17, 15) is 0 Å². The van der Waals surface area contributed by atoms with Gasteiger partial charge in [-0.2, -0.15) is 0 Å². The first-order chi connectivity index (χ1) is 7.75. The highest BCUT2D eigenvalue weighted by molar-refractivity contribution is 5.03. The molecule has 2 unspecified atom stereocenters. The highest BCUT2D eigenvalue weighted by atomic mass is 16.5. The fourth-order valence-electron chi connectivity index (χ4n) is 1.91. The second kappa shape index (κ2) is 5.39. The van der Waals surface area contributed by atoms with Crippen molar-refractivity contribution < 1.29 is 4.74 Å². The SMILES string of the molecule is CC(N)C1CN(Cc2ccccn2)CCO1. The zero-order chi connectivity index (χ0) is 11.4. The van der Waals surface area contributed by atoms with Crippen LogP contribution in [0.5, 0.6) is 0 Å². The van der Waals surface area contributed by atoms with Gasteiger partial charge in [0.25, 0.3) is 0 Å². The molecule has 1 aliphatic heterocycles. The Morgan fingerprint density at radius 3 is 3.19 bits per heavy atom. The van der Waals surface area contributed by atoms with Crippen LogP contribution in [0.15, 0.2) is 24.4 Å². The third kappa shape index (κ3) is 3.01. The van der Waals surface area contributed by atoms with E-state index in [-0.39, 0.29) is 12.1 Å². The van der Waals surface area contributed by atoms with Gasteiger partial charge in [-0.1, -0.05) is 6.07 Å². The molecule has 1 aromatic heterocycles. The average Bonchev–Trinajstić information content (AvgIpc) is 2.30. The molecule has 0 amide bonds. The molecule has 2 atom stereocenters. The van der Waals surface area contributed by atoms with Crippen molar-refractivity contribution in [3.05, 3.63) is 30.1 Å². The molecule has 4 heteroatoms. The number of hydrogen-bond donors (Lipinski definition) is 1. The van der Waals surface area contributed by atoms with E-state index in [0.717, 1.165) is 31.9 Å². The Bertz CT molecular complexity index is 315. The van der Waals surface area contributed by atoms with Crippen molar-refractivity contribution in [1.29, 1.82) is 0 Å². The number of rotatable bonds is 3. The molecular weight excluding hydrogens is 202 g/mol. The molecule has 0 spiro atoms. The topological polar surface area (TPSA) is 51.4 Å². The fraction of sp³-hybridized carbons (Fsp3) is 0.583. The summed E-state index contributed by atoms with van der Waals surface area (Å²) in [6.07, 6.45) is 1.98. The average molecular weight is 221 g/mol. The third-order valence-corrected chi connectivity index (χ3v) is 2.88. The van der Waals surface area contributed by atoms with E-state index in [2.05, 4.69) is 16.0 Å². The second-order valence-corrected chi connectivity index (χ2v) is 4.32. The highest BCUT2D eigenvalue weighted by Crippen LogP contribution is 2.10. The normalized spacial score (nSPS) is 24.2. The van der Waals surface area contributed by atoms with Gasteiger partial charge in [0.15, 0.2) is 0 Å². The maximum absolute atomic E-state index is 5.86. The first-order valence-electron chi connectivity index (χ1n) is 5.75. The van der Waals surface area contributed by atoms with Gasteiger partial charge in [-0.05, 0) is 19.1 Å². The van der Waals surface area contributed by atoms with Crippen molar-refractivity contribution in [2.45, 2.75) is 25.6 Å². The lowest BCUT2D eigenvalue weighted by molar-refractivity contribution is -0.0406. The molecular formula is C12H19N3O. The Balaban J connectivity index is 1.90. The summed E-state index contributed by atoms with van der Waals surface area (Å²) in [7, 11) is 0. The van der Waals surface area contributed by atoms with Crippen molar-refractivity contribution in [1.82, 2.24) is 9.88 Å². The molecule has 2 rings (SSSR count). The maximum atomic E-state index is 5.86. The summed E-state index contributed by atoms with van der Waals surface area (Å²) in [5.74, 6) is 0. The zero-order valence-electron chi connectivity index (χ0n) is 9.67. The van der Waals surface area contributed by atoms with Crippen molar-refractivity contribution in [3.63, 3.8) is 0 Å². The number of pyridine rings is 1. The minimum absolute atomic E-state index is 0.0894. The molecule has 2 N–H and O–H groups in total. The summed E-state index contributed by atoms with van der Waals surface area (Å²) in [6.45, 7) is 5.50. The summed E-state index contributed by atoms with van der Waals surface area (Å²) in [6, 6.07) is 6.10. The van der Waals surface area contributed by atoms with Crippen LogP contribution in [-0.4, -0.2) is 41.7 Å². The van der Waals surface area contributed by atoms with E-state index in [4.69, 9.17) is 10.5 Å². The van der Waals surface area contributed by atoms with Gasteiger partial charge in [0.1, 0.15) is 0 Å². The Morgan fingerprint density at radius 1 is 1.62 bits per heavy atom. The lowest BCUT2D eigenvalue weighted by atomic mass is 10.1. The zero-order valence-corrected chi connectivity index (χ0v) is 9.67. The first-order valence-corrected chi connectivity index (χ1v) is 5.75. The van der Waals surface area contributed by atoms with Gasteiger partial charge in [0, 0.05) is 31.9 Å². The predicted molar refractivity (Wildman–Crippen MR) is 62.9 cm³/mol. The van der Waals surface area contributed by atoms with Crippen LogP contribution < -0.4 is 5.73 Å². The van der Waals surface area contributed by atoms with Crippen LogP contribution >= 0.6 is 0 Å². The first kappa shape index (κ1) is 11.5. The van der Waals surface area contributed by atoms with Crippen molar-refractivity contribution in [3.8, 4) is 0 Å². The second-order valence-electron chi connectivity index (χ2n) is 4.32. The molecule has 0 aromatic carbocycles. The molecule has 4 nitrogen and oxygen atoms in total. The monoisotopic (exact) mass is 221 g/mol. The van der Waals surface area contributed by atoms with Crippen LogP contribution in [0.25, 0.3) is 0 Å². The van der Waals surface area contributed by atoms with E-state index in [0.29, 0.717) is 0 Å². The van der Waals surface area contributed by atoms with E-state index in [1.54, 1.807) is 0 Å². The van der Waals surface area contributed by atoms with E-state index in [1.165, 1.54) is 0 Å². The molecule has 1 saturated heterocycles. The van der Waals surface area contributed by atoms with E-state index < -0.39 is 0 Å². The lowest BCUT2D eigenvalue weighted by Crippen LogP contribution is -2.49. The molecule has 1 aliphatic rings. The fourth-order valence-corrected chi connectivity index (χ4v) is 1.91. The Morgan fingerprint density at radius 2 is 2.50 bits per heavy atom. The van der Waals surface area contributed by atoms with Crippen LogP contribution in [0.3, 0.4) is 0 Å². The molecule has 0 bridgehead atoms. The number of morpholine rings is 1. The quantitative estimate of drug-likeness (QED) is 0.813. The van der Waals surface area contributed by atoms with Crippen LogP contribution in [0.4, 0.5) is 0 Å². The molecule has 0 saturated carbocycles. The van der Waals surface area contributed by atoms with Gasteiger partial charge in [-0.3, -0.25) is 9.88 Å². The summed E-state index contributed by atoms with van der Waals surface area (Å²) < 4.78 is 5.62. The van der Waals surface area contributed by atoms with Crippen molar-refractivity contribution in [2.75, 3.05) is 19.7 Å². The smallest absolute Gasteiger partial charge is 0.0850 e. The van der Waals surface area contributed by atoms with Crippen LogP contribution in [-0.2, 0) is 11.3 Å². The summed E-state index contributed by atoms with van der Waals surface area (Å²) in [5.41, 5.74) is 6.96. The van der Waals surface area contributed by atoms with E-state index in [1.807, 2.05) is 25.3 Å². The minimum atomic E-state index is 0.0894. The summed E-state index contributed by atoms with van der Waals surface area (Å²) >= 11 is 0. The minimum Gasteiger partial charge on any atom is -0.374 e. The lowest BCUT2D eigenvalue weighted by Gasteiger charge is -2.34. The standard InChI is InChI=1S/C12H19N3O/c1-10(13)12-9-15(6-7-16-12)8-11-4-2-3-5-14-11/h2-5,10,12H,6-9,13H2,1H3. The van der Waals surface area contributed by atoms with E-state index >= 15 is 0 Å². The molecule has 0 radical (unpaired) electrons. The van der Waals surface area contributed by atoms with Gasteiger partial charge < -0.3 is 10.5 Å². The number of aromatic nitrogens is 1. The van der Waals surface area contributed by atoms with Crippen LogP contribution in [0.1, 0.15) is 12.6 Å². The van der Waals surface area contributed by atoms with Gasteiger partial charge in [-0.15, -0.1) is 0 Å². The van der Waals surface area contributed by atoms with Crippen LogP contribution in [0.2, 0.25) is 0 Å². The number of ether oxygens (including phenoxy) is 1. The number of nitrogens with zero attached hydrogens (tertiary/aromatic N) is 2. The van der Waals surface area contributed by atoms with Gasteiger partial charge in [-0.25, -0.2) is 0 Å². The van der Waals surface area contributed by atoms with Crippen LogP contribution in [0, 0.1) is 0 Å². The molecule has 2 heterocycles. The summed E-state index contributed by atoms with van der Waals surface area (Å²) in [5, 5.41) is 0. The number of nitrogens with two attached hydrogens (primary N) is 1. The van der Waals surface area contributed by atoms with Gasteiger partial charge >= 0.3 is 0 Å². The highest BCUT2D eigenvalue weighted by Gasteiger charge is 2.23. The van der Waals surface area contributed by atoms with Gasteiger partial charge in [0.05, 0.1) is 18.4 Å². The predicted octanol–water partition coefficient (Wildman–Crippen LogP) is 0.630. The Hall–Kier alpha value is -0.970. The van der Waals surface area contributed by atoms with Crippen molar-refractivity contribution in [2.24, 2.45) is 5.73 Å². The summed E-state index contributed by atoms with van der Waals surface area (Å²) in [4.78, 5) is 6.68. The molecule has 1 fully saturated rings. The Kier molecular flexibility index (Phi) is 3.88. The molecule has 1 aromatic rings. The molecule has 16 heavy (non-hydrogen) atoms. The maximum Gasteiger partial charge on any atom is 0.0850 e. The Labute approximate surface area is 96.4 Å². The third-order valence-electron chi connectivity index (χ3n) is 2.88.